The molecule has 0 saturated carbocycles. The van der Waals surface area contributed by atoms with Crippen LogP contribution < -0.4 is 5.32 Å². The molecule has 0 aliphatic heterocycles. The monoisotopic (exact) mass is 362 g/mol. The van der Waals surface area contributed by atoms with E-state index in [4.69, 9.17) is 4.98 Å². The Hall–Kier alpha value is -2.99. The van der Waals surface area contributed by atoms with E-state index in [0.29, 0.717) is 16.5 Å². The van der Waals surface area contributed by atoms with Crippen molar-refractivity contribution < 1.29 is 4.79 Å². The highest BCUT2D eigenvalue weighted by molar-refractivity contribution is 7.12. The average molecular weight is 362 g/mol. The van der Waals surface area contributed by atoms with Gasteiger partial charge >= 0.3 is 0 Å². The number of carbonyl (C=O) groups excluding carboxylic acids is 1. The molecule has 4 aromatic rings. The number of carbonyl (C=O) groups is 1. The molecule has 0 aliphatic carbocycles. The molecule has 0 spiro atoms. The van der Waals surface area contributed by atoms with Gasteiger partial charge in [0.05, 0.1) is 16.1 Å². The van der Waals surface area contributed by atoms with Crippen LogP contribution in [0.25, 0.3) is 16.7 Å². The van der Waals surface area contributed by atoms with Crippen LogP contribution in [-0.4, -0.2) is 20.7 Å². The standard InChI is InChI=1S/C20H18N4OS/c1-12-6-4-7-15-13(2)10-17(21-19(12)15)24-18(11-14(3)23-24)22-20(25)16-8-5-9-26-16/h4-11H,1-3H3,(H,22,25). The lowest BCUT2D eigenvalue weighted by atomic mass is 10.1. The Morgan fingerprint density at radius 1 is 1.08 bits per heavy atom. The minimum absolute atomic E-state index is 0.144. The third kappa shape index (κ3) is 2.88. The normalized spacial score (nSPS) is 11.0. The number of aryl methyl sites for hydroxylation is 3. The van der Waals surface area contributed by atoms with E-state index in [0.717, 1.165) is 27.7 Å². The Balaban J connectivity index is 1.80. The molecule has 1 N–H and O–H groups in total. The van der Waals surface area contributed by atoms with E-state index in [2.05, 4.69) is 23.4 Å². The highest BCUT2D eigenvalue weighted by atomic mass is 32.1. The van der Waals surface area contributed by atoms with Gasteiger partial charge in [0.2, 0.25) is 0 Å². The molecule has 26 heavy (non-hydrogen) atoms. The fraction of sp³-hybridized carbons (Fsp3) is 0.150. The number of anilines is 1. The van der Waals surface area contributed by atoms with Gasteiger partial charge in [0.15, 0.2) is 5.82 Å². The number of nitrogens with zero attached hydrogens (tertiary/aromatic N) is 3. The van der Waals surface area contributed by atoms with Crippen LogP contribution in [0, 0.1) is 20.8 Å². The van der Waals surface area contributed by atoms with E-state index >= 15 is 0 Å². The molecule has 0 saturated heterocycles. The van der Waals surface area contributed by atoms with E-state index in [1.54, 1.807) is 10.7 Å². The van der Waals surface area contributed by atoms with Crippen LogP contribution in [0.5, 0.6) is 0 Å². The molecule has 4 rings (SSSR count). The number of para-hydroxylation sites is 1. The molecule has 0 radical (unpaired) electrons. The van der Waals surface area contributed by atoms with Crippen molar-refractivity contribution in [2.75, 3.05) is 5.32 Å². The summed E-state index contributed by atoms with van der Waals surface area (Å²) in [6.07, 6.45) is 0. The first-order chi connectivity index (χ1) is 12.5. The Morgan fingerprint density at radius 2 is 1.92 bits per heavy atom. The average Bonchev–Trinajstić information content (AvgIpc) is 3.25. The Kier molecular flexibility index (Phi) is 4.05. The van der Waals surface area contributed by atoms with Crippen LogP contribution in [0.15, 0.2) is 47.8 Å². The van der Waals surface area contributed by atoms with Crippen LogP contribution in [0.4, 0.5) is 5.82 Å². The van der Waals surface area contributed by atoms with Gasteiger partial charge in [-0.3, -0.25) is 4.79 Å². The summed E-state index contributed by atoms with van der Waals surface area (Å²) in [5.41, 5.74) is 4.00. The highest BCUT2D eigenvalue weighted by Crippen LogP contribution is 2.25. The smallest absolute Gasteiger partial charge is 0.266 e. The van der Waals surface area contributed by atoms with Gasteiger partial charge in [-0.2, -0.15) is 9.78 Å². The molecular weight excluding hydrogens is 344 g/mol. The Morgan fingerprint density at radius 3 is 2.69 bits per heavy atom. The zero-order valence-electron chi connectivity index (χ0n) is 14.8. The third-order valence-electron chi connectivity index (χ3n) is 4.27. The number of amides is 1. The number of hydrogen-bond acceptors (Lipinski definition) is 4. The lowest BCUT2D eigenvalue weighted by Crippen LogP contribution is -2.14. The van der Waals surface area contributed by atoms with Crippen molar-refractivity contribution >= 4 is 34.0 Å². The molecule has 3 heterocycles. The third-order valence-corrected chi connectivity index (χ3v) is 5.14. The molecule has 3 aromatic heterocycles. The van der Waals surface area contributed by atoms with Gasteiger partial charge in [0.25, 0.3) is 5.91 Å². The molecule has 0 aliphatic rings. The van der Waals surface area contributed by atoms with E-state index < -0.39 is 0 Å². The predicted octanol–water partition coefficient (Wildman–Crippen LogP) is 4.66. The largest absolute Gasteiger partial charge is 0.306 e. The summed E-state index contributed by atoms with van der Waals surface area (Å²) < 4.78 is 1.69. The van der Waals surface area contributed by atoms with Gasteiger partial charge in [-0.15, -0.1) is 11.3 Å². The Labute approximate surface area is 155 Å². The van der Waals surface area contributed by atoms with E-state index in [-0.39, 0.29) is 5.91 Å². The summed E-state index contributed by atoms with van der Waals surface area (Å²) >= 11 is 1.41. The molecule has 0 fully saturated rings. The van der Waals surface area contributed by atoms with Crippen LogP contribution >= 0.6 is 11.3 Å². The zero-order valence-corrected chi connectivity index (χ0v) is 15.6. The molecule has 0 unspecified atom stereocenters. The number of nitrogens with one attached hydrogen (secondary N) is 1. The topological polar surface area (TPSA) is 59.8 Å². The second kappa shape index (κ2) is 6.38. The molecule has 1 aromatic carbocycles. The number of thiophene rings is 1. The van der Waals surface area contributed by atoms with Gasteiger partial charge < -0.3 is 5.32 Å². The SMILES string of the molecule is Cc1cc(NC(=O)c2cccs2)n(-c2cc(C)c3cccc(C)c3n2)n1. The van der Waals surface area contributed by atoms with Gasteiger partial charge in [-0.05, 0) is 49.4 Å². The fourth-order valence-corrected chi connectivity index (χ4v) is 3.62. The lowest BCUT2D eigenvalue weighted by molar-refractivity contribution is 0.103. The lowest BCUT2D eigenvalue weighted by Gasteiger charge is -2.11. The van der Waals surface area contributed by atoms with Crippen molar-refractivity contribution in [3.05, 3.63) is 69.5 Å². The van der Waals surface area contributed by atoms with Gasteiger partial charge in [-0.1, -0.05) is 24.3 Å². The molecule has 0 atom stereocenters. The fourth-order valence-electron chi connectivity index (χ4n) is 3.00. The number of benzene rings is 1. The summed E-state index contributed by atoms with van der Waals surface area (Å²) in [7, 11) is 0. The first-order valence-corrected chi connectivity index (χ1v) is 9.20. The summed E-state index contributed by atoms with van der Waals surface area (Å²) in [6.45, 7) is 6.01. The molecule has 1 amide bonds. The van der Waals surface area contributed by atoms with E-state index in [1.807, 2.05) is 49.6 Å². The minimum atomic E-state index is -0.144. The van der Waals surface area contributed by atoms with Crippen molar-refractivity contribution in [1.82, 2.24) is 14.8 Å². The van der Waals surface area contributed by atoms with Crippen molar-refractivity contribution in [3.8, 4) is 5.82 Å². The van der Waals surface area contributed by atoms with Crippen LogP contribution in [0.2, 0.25) is 0 Å². The maximum Gasteiger partial charge on any atom is 0.266 e. The van der Waals surface area contributed by atoms with Gasteiger partial charge in [-0.25, -0.2) is 4.98 Å². The number of hydrogen-bond donors (Lipinski definition) is 1. The van der Waals surface area contributed by atoms with E-state index in [1.165, 1.54) is 11.3 Å². The maximum atomic E-state index is 12.4. The highest BCUT2D eigenvalue weighted by Gasteiger charge is 2.15. The molecular formula is C20H18N4OS. The first kappa shape index (κ1) is 16.5. The quantitative estimate of drug-likeness (QED) is 0.577. The second-order valence-electron chi connectivity index (χ2n) is 6.28. The first-order valence-electron chi connectivity index (χ1n) is 8.32. The molecule has 130 valence electrons. The van der Waals surface area contributed by atoms with Crippen LogP contribution in [0.3, 0.4) is 0 Å². The van der Waals surface area contributed by atoms with Crippen molar-refractivity contribution in [1.29, 1.82) is 0 Å². The summed E-state index contributed by atoms with van der Waals surface area (Å²) in [5.74, 6) is 1.16. The van der Waals surface area contributed by atoms with Crippen molar-refractivity contribution in [3.63, 3.8) is 0 Å². The number of pyridine rings is 1. The number of rotatable bonds is 3. The predicted molar refractivity (Wildman–Crippen MR) is 105 cm³/mol. The maximum absolute atomic E-state index is 12.4. The van der Waals surface area contributed by atoms with E-state index in [9.17, 15) is 4.79 Å². The van der Waals surface area contributed by atoms with Gasteiger partial charge in [0, 0.05) is 11.5 Å². The zero-order chi connectivity index (χ0) is 18.3. The minimum Gasteiger partial charge on any atom is -0.306 e. The van der Waals surface area contributed by atoms with Crippen LogP contribution in [-0.2, 0) is 0 Å². The second-order valence-corrected chi connectivity index (χ2v) is 7.23. The Bertz CT molecular complexity index is 1110. The number of aromatic nitrogens is 3. The molecule has 6 heteroatoms. The van der Waals surface area contributed by atoms with Gasteiger partial charge in [0.1, 0.15) is 5.82 Å². The van der Waals surface area contributed by atoms with Crippen molar-refractivity contribution in [2.45, 2.75) is 20.8 Å². The number of fused-ring (bicyclic) bond motifs is 1. The molecule has 0 bridgehead atoms. The van der Waals surface area contributed by atoms with Crippen LogP contribution in [0.1, 0.15) is 26.5 Å². The summed E-state index contributed by atoms with van der Waals surface area (Å²) in [4.78, 5) is 17.9. The summed E-state index contributed by atoms with van der Waals surface area (Å²) in [5, 5.41) is 10.5. The summed E-state index contributed by atoms with van der Waals surface area (Å²) in [6, 6.07) is 13.7. The molecule has 5 nitrogen and oxygen atoms in total. The van der Waals surface area contributed by atoms with Crippen molar-refractivity contribution in [2.24, 2.45) is 0 Å².